The zero-order valence-corrected chi connectivity index (χ0v) is 15.7. The first kappa shape index (κ1) is 19.7. The standard InChI is InChI=1S/C19H21F2NO4S/c1-25-16-5-2-14(3-6-16)19(8-10-26-11-9-19)13-22-27(23,24)18-7-4-15(20)12-17(18)21/h2-7,12,22H,8-11,13H2,1H3. The molecular weight excluding hydrogens is 376 g/mol. The topological polar surface area (TPSA) is 64.6 Å². The Kier molecular flexibility index (Phi) is 5.78. The second-order valence-electron chi connectivity index (χ2n) is 6.52. The minimum atomic E-state index is -4.12. The van der Waals surface area contributed by atoms with Crippen molar-refractivity contribution in [1.82, 2.24) is 4.72 Å². The minimum Gasteiger partial charge on any atom is -0.497 e. The van der Waals surface area contributed by atoms with Gasteiger partial charge in [-0.3, -0.25) is 0 Å². The van der Waals surface area contributed by atoms with Gasteiger partial charge in [-0.15, -0.1) is 0 Å². The van der Waals surface area contributed by atoms with Gasteiger partial charge < -0.3 is 9.47 Å². The summed E-state index contributed by atoms with van der Waals surface area (Å²) in [6.07, 6.45) is 1.24. The van der Waals surface area contributed by atoms with E-state index in [1.807, 2.05) is 24.3 Å². The number of hydrogen-bond acceptors (Lipinski definition) is 4. The van der Waals surface area contributed by atoms with Crippen LogP contribution < -0.4 is 9.46 Å². The number of nitrogens with one attached hydrogen (secondary N) is 1. The number of rotatable bonds is 6. The van der Waals surface area contributed by atoms with Crippen LogP contribution in [-0.4, -0.2) is 35.3 Å². The van der Waals surface area contributed by atoms with Gasteiger partial charge in [0.15, 0.2) is 0 Å². The number of benzene rings is 2. The summed E-state index contributed by atoms with van der Waals surface area (Å²) in [5.74, 6) is -1.24. The van der Waals surface area contributed by atoms with Gasteiger partial charge in [0, 0.05) is 31.2 Å². The maximum absolute atomic E-state index is 13.9. The molecular formula is C19H21F2NO4S. The molecule has 0 amide bonds. The highest BCUT2D eigenvalue weighted by molar-refractivity contribution is 7.89. The third kappa shape index (κ3) is 4.28. The second kappa shape index (κ2) is 7.92. The fourth-order valence-corrected chi connectivity index (χ4v) is 4.46. The molecule has 0 aliphatic carbocycles. The average molecular weight is 397 g/mol. The van der Waals surface area contributed by atoms with Crippen LogP contribution in [0.1, 0.15) is 18.4 Å². The monoisotopic (exact) mass is 397 g/mol. The van der Waals surface area contributed by atoms with Crippen molar-refractivity contribution in [1.29, 1.82) is 0 Å². The van der Waals surface area contributed by atoms with Crippen LogP contribution in [0.3, 0.4) is 0 Å². The molecule has 3 rings (SSSR count). The van der Waals surface area contributed by atoms with E-state index in [9.17, 15) is 17.2 Å². The average Bonchev–Trinajstić information content (AvgIpc) is 2.67. The lowest BCUT2D eigenvalue weighted by molar-refractivity contribution is 0.0517. The van der Waals surface area contributed by atoms with Gasteiger partial charge in [-0.1, -0.05) is 12.1 Å². The molecule has 1 N–H and O–H groups in total. The van der Waals surface area contributed by atoms with Crippen molar-refractivity contribution in [3.05, 3.63) is 59.7 Å². The molecule has 1 fully saturated rings. The number of methoxy groups -OCH3 is 1. The Morgan fingerprint density at radius 2 is 1.78 bits per heavy atom. The van der Waals surface area contributed by atoms with E-state index in [-0.39, 0.29) is 6.54 Å². The summed E-state index contributed by atoms with van der Waals surface area (Å²) in [6, 6.07) is 9.85. The Morgan fingerprint density at radius 3 is 2.37 bits per heavy atom. The van der Waals surface area contributed by atoms with Crippen molar-refractivity contribution < 1.29 is 26.7 Å². The minimum absolute atomic E-state index is 0.0852. The predicted molar refractivity (Wildman–Crippen MR) is 96.3 cm³/mol. The second-order valence-corrected chi connectivity index (χ2v) is 8.26. The maximum atomic E-state index is 13.9. The number of sulfonamides is 1. The van der Waals surface area contributed by atoms with Crippen molar-refractivity contribution >= 4 is 10.0 Å². The number of ether oxygens (including phenoxy) is 2. The van der Waals surface area contributed by atoms with Crippen molar-refractivity contribution in [3.8, 4) is 5.75 Å². The lowest BCUT2D eigenvalue weighted by Crippen LogP contribution is -2.44. The molecule has 1 aliphatic heterocycles. The van der Waals surface area contributed by atoms with Gasteiger partial charge in [-0.25, -0.2) is 21.9 Å². The van der Waals surface area contributed by atoms with Crippen molar-refractivity contribution in [2.45, 2.75) is 23.2 Å². The van der Waals surface area contributed by atoms with Gasteiger partial charge in [0.2, 0.25) is 10.0 Å². The molecule has 146 valence electrons. The van der Waals surface area contributed by atoms with E-state index in [2.05, 4.69) is 4.72 Å². The van der Waals surface area contributed by atoms with Crippen molar-refractivity contribution in [3.63, 3.8) is 0 Å². The zero-order chi connectivity index (χ0) is 19.5. The molecule has 0 spiro atoms. The fourth-order valence-electron chi connectivity index (χ4n) is 3.28. The zero-order valence-electron chi connectivity index (χ0n) is 14.9. The molecule has 2 aromatic carbocycles. The van der Waals surface area contributed by atoms with E-state index in [0.29, 0.717) is 37.9 Å². The van der Waals surface area contributed by atoms with Crippen LogP contribution in [0.15, 0.2) is 47.4 Å². The van der Waals surface area contributed by atoms with Crippen LogP contribution in [0.4, 0.5) is 8.78 Å². The van der Waals surface area contributed by atoms with Crippen molar-refractivity contribution in [2.24, 2.45) is 0 Å². The van der Waals surface area contributed by atoms with Gasteiger partial charge in [-0.05, 0) is 42.7 Å². The first-order valence-electron chi connectivity index (χ1n) is 8.53. The molecule has 1 saturated heterocycles. The summed E-state index contributed by atoms with van der Waals surface area (Å²) in [6.45, 7) is 1.08. The van der Waals surface area contributed by atoms with E-state index in [0.717, 1.165) is 17.7 Å². The normalized spacial score (nSPS) is 16.9. The van der Waals surface area contributed by atoms with E-state index in [4.69, 9.17) is 9.47 Å². The summed E-state index contributed by atoms with van der Waals surface area (Å²) in [5.41, 5.74) is 0.475. The highest BCUT2D eigenvalue weighted by atomic mass is 32.2. The Balaban J connectivity index is 1.86. The maximum Gasteiger partial charge on any atom is 0.243 e. The van der Waals surface area contributed by atoms with E-state index < -0.39 is 32.0 Å². The molecule has 0 radical (unpaired) electrons. The molecule has 0 atom stereocenters. The largest absolute Gasteiger partial charge is 0.497 e. The van der Waals surface area contributed by atoms with Gasteiger partial charge >= 0.3 is 0 Å². The highest BCUT2D eigenvalue weighted by Crippen LogP contribution is 2.35. The summed E-state index contributed by atoms with van der Waals surface area (Å²) in [5, 5.41) is 0. The third-order valence-electron chi connectivity index (χ3n) is 4.94. The molecule has 0 bridgehead atoms. The van der Waals surface area contributed by atoms with E-state index in [1.54, 1.807) is 7.11 Å². The first-order chi connectivity index (χ1) is 12.9. The smallest absolute Gasteiger partial charge is 0.243 e. The SMILES string of the molecule is COc1ccc(C2(CNS(=O)(=O)c3ccc(F)cc3F)CCOCC2)cc1. The summed E-state index contributed by atoms with van der Waals surface area (Å²) >= 11 is 0. The highest BCUT2D eigenvalue weighted by Gasteiger charge is 2.36. The molecule has 5 nitrogen and oxygen atoms in total. The quantitative estimate of drug-likeness (QED) is 0.814. The van der Waals surface area contributed by atoms with Crippen LogP contribution in [0, 0.1) is 11.6 Å². The van der Waals surface area contributed by atoms with Crippen LogP contribution in [0.2, 0.25) is 0 Å². The van der Waals surface area contributed by atoms with Gasteiger partial charge in [0.05, 0.1) is 7.11 Å². The molecule has 0 saturated carbocycles. The van der Waals surface area contributed by atoms with Crippen LogP contribution >= 0.6 is 0 Å². The molecule has 27 heavy (non-hydrogen) atoms. The van der Waals surface area contributed by atoms with Crippen molar-refractivity contribution in [2.75, 3.05) is 26.9 Å². The summed E-state index contributed by atoms with van der Waals surface area (Å²) in [4.78, 5) is -0.569. The first-order valence-corrected chi connectivity index (χ1v) is 10.0. The Bertz CT molecular complexity index is 894. The molecule has 0 aromatic heterocycles. The van der Waals surface area contributed by atoms with E-state index in [1.165, 1.54) is 0 Å². The Hall–Kier alpha value is -2.03. The third-order valence-corrected chi connectivity index (χ3v) is 6.37. The molecule has 1 aliphatic rings. The Labute approximate surface area is 157 Å². The molecule has 1 heterocycles. The summed E-state index contributed by atoms with van der Waals surface area (Å²) < 4.78 is 65.2. The van der Waals surface area contributed by atoms with Gasteiger partial charge in [-0.2, -0.15) is 0 Å². The fraction of sp³-hybridized carbons (Fsp3) is 0.368. The van der Waals surface area contributed by atoms with Gasteiger partial charge in [0.1, 0.15) is 22.3 Å². The lowest BCUT2D eigenvalue weighted by atomic mass is 9.74. The van der Waals surface area contributed by atoms with Crippen LogP contribution in [-0.2, 0) is 20.2 Å². The van der Waals surface area contributed by atoms with Crippen LogP contribution in [0.25, 0.3) is 0 Å². The predicted octanol–water partition coefficient (Wildman–Crippen LogP) is 3.00. The molecule has 8 heteroatoms. The number of halogens is 2. The number of hydrogen-bond donors (Lipinski definition) is 1. The van der Waals surface area contributed by atoms with E-state index >= 15 is 0 Å². The molecule has 2 aromatic rings. The Morgan fingerprint density at radius 1 is 1.11 bits per heavy atom. The lowest BCUT2D eigenvalue weighted by Gasteiger charge is -2.38. The van der Waals surface area contributed by atoms with Gasteiger partial charge in [0.25, 0.3) is 0 Å². The summed E-state index contributed by atoms with van der Waals surface area (Å²) in [7, 11) is -2.55. The molecule has 0 unspecified atom stereocenters. The van der Waals surface area contributed by atoms with Crippen LogP contribution in [0.5, 0.6) is 5.75 Å².